The molecule has 12 heteroatoms. The molecule has 216 valence electrons. The lowest BCUT2D eigenvalue weighted by Gasteiger charge is -2.16. The Balaban J connectivity index is 1.30. The van der Waals surface area contributed by atoms with Crippen LogP contribution in [0.15, 0.2) is 66.9 Å². The minimum atomic E-state index is -1.30. The number of halogens is 2. The molecule has 0 unspecified atom stereocenters. The third kappa shape index (κ3) is 5.92. The predicted octanol–water partition coefficient (Wildman–Crippen LogP) is 5.22. The lowest BCUT2D eigenvalue weighted by molar-refractivity contribution is -0.143. The van der Waals surface area contributed by atoms with E-state index in [0.29, 0.717) is 35.2 Å². The van der Waals surface area contributed by atoms with E-state index in [2.05, 4.69) is 20.4 Å². The maximum Gasteiger partial charge on any atom is 0.343 e. The van der Waals surface area contributed by atoms with Gasteiger partial charge in [0, 0.05) is 35.1 Å². The van der Waals surface area contributed by atoms with Crippen LogP contribution in [0, 0.1) is 17.0 Å². The van der Waals surface area contributed by atoms with Crippen molar-refractivity contribution < 1.29 is 42.1 Å². The molecule has 5 rings (SSSR count). The molecule has 1 aliphatic rings. The summed E-state index contributed by atoms with van der Waals surface area (Å²) in [5.74, 6) is -2.19. The summed E-state index contributed by atoms with van der Waals surface area (Å²) in [5.41, 5.74) is -0.362. The number of esters is 1. The van der Waals surface area contributed by atoms with Gasteiger partial charge in [-0.05, 0) is 61.4 Å². The Morgan fingerprint density at radius 1 is 0.833 bits per heavy atom. The van der Waals surface area contributed by atoms with Crippen molar-refractivity contribution in [3.05, 3.63) is 78.5 Å². The van der Waals surface area contributed by atoms with E-state index in [1.165, 1.54) is 56.8 Å². The lowest BCUT2D eigenvalue weighted by atomic mass is 10.0. The fraction of sp³-hybridized carbons (Fsp3) is 0.200. The number of benzene rings is 3. The monoisotopic (exact) mass is 577 g/mol. The normalized spacial score (nSPS) is 13.1. The molecule has 0 saturated heterocycles. The largest absolute Gasteiger partial charge is 0.493 e. The summed E-state index contributed by atoms with van der Waals surface area (Å²) in [6.45, 7) is -0.331. The number of rotatable bonds is 10. The highest BCUT2D eigenvalue weighted by atomic mass is 19.1. The number of methoxy groups -OCH3 is 2. The zero-order valence-electron chi connectivity index (χ0n) is 22.5. The van der Waals surface area contributed by atoms with Crippen LogP contribution in [0.3, 0.4) is 0 Å². The SMILES string of the molecule is COC(=O)COc1cc2nccc(Oc3ccc(NC(=O)C4(C(=O)Nc5ccc(F)cc5)CC4)cc3F)c2cc1OC. The number of amides is 2. The van der Waals surface area contributed by atoms with Crippen molar-refractivity contribution in [2.24, 2.45) is 5.41 Å². The van der Waals surface area contributed by atoms with Gasteiger partial charge in [0.1, 0.15) is 17.0 Å². The minimum absolute atomic E-state index is 0.124. The second-order valence-electron chi connectivity index (χ2n) is 9.44. The molecular formula is C30H25F2N3O7. The second kappa shape index (κ2) is 11.7. The van der Waals surface area contributed by atoms with Gasteiger partial charge in [-0.25, -0.2) is 13.6 Å². The van der Waals surface area contributed by atoms with Crippen molar-refractivity contribution in [1.29, 1.82) is 0 Å². The Labute approximate surface area is 238 Å². The van der Waals surface area contributed by atoms with E-state index in [0.717, 1.165) is 6.07 Å². The lowest BCUT2D eigenvalue weighted by Crippen LogP contribution is -2.35. The van der Waals surface area contributed by atoms with Crippen LogP contribution >= 0.6 is 0 Å². The molecule has 10 nitrogen and oxygen atoms in total. The van der Waals surface area contributed by atoms with Gasteiger partial charge in [0.25, 0.3) is 0 Å². The van der Waals surface area contributed by atoms with E-state index < -0.39 is 34.8 Å². The van der Waals surface area contributed by atoms with Gasteiger partial charge in [-0.3, -0.25) is 14.6 Å². The second-order valence-corrected chi connectivity index (χ2v) is 9.44. The van der Waals surface area contributed by atoms with E-state index in [9.17, 15) is 18.8 Å². The van der Waals surface area contributed by atoms with Crippen LogP contribution in [0.25, 0.3) is 10.9 Å². The van der Waals surface area contributed by atoms with Crippen molar-refractivity contribution in [3.8, 4) is 23.0 Å². The van der Waals surface area contributed by atoms with E-state index in [-0.39, 0.29) is 29.5 Å². The molecule has 3 aromatic carbocycles. The number of fused-ring (bicyclic) bond motifs is 1. The molecule has 4 aromatic rings. The average Bonchev–Trinajstić information content (AvgIpc) is 3.80. The molecule has 1 aliphatic carbocycles. The molecule has 2 amide bonds. The smallest absolute Gasteiger partial charge is 0.343 e. The van der Waals surface area contributed by atoms with Crippen LogP contribution in [-0.2, 0) is 19.1 Å². The Morgan fingerprint density at radius 3 is 2.17 bits per heavy atom. The first-order chi connectivity index (χ1) is 20.2. The highest BCUT2D eigenvalue weighted by Crippen LogP contribution is 2.47. The van der Waals surface area contributed by atoms with Crippen LogP contribution in [-0.4, -0.2) is 43.6 Å². The van der Waals surface area contributed by atoms with Crippen LogP contribution in [0.1, 0.15) is 12.8 Å². The van der Waals surface area contributed by atoms with E-state index in [4.69, 9.17) is 14.2 Å². The molecule has 42 heavy (non-hydrogen) atoms. The third-order valence-electron chi connectivity index (χ3n) is 6.69. The molecule has 0 bridgehead atoms. The molecule has 1 aromatic heterocycles. The molecule has 1 fully saturated rings. The topological polar surface area (TPSA) is 125 Å². The molecule has 0 spiro atoms. The van der Waals surface area contributed by atoms with Crippen molar-refractivity contribution in [2.45, 2.75) is 12.8 Å². The zero-order valence-corrected chi connectivity index (χ0v) is 22.5. The number of pyridine rings is 1. The van der Waals surface area contributed by atoms with E-state index in [1.54, 1.807) is 18.2 Å². The number of carbonyl (C=O) groups is 3. The third-order valence-corrected chi connectivity index (χ3v) is 6.69. The fourth-order valence-corrected chi connectivity index (χ4v) is 4.18. The van der Waals surface area contributed by atoms with Gasteiger partial charge in [-0.2, -0.15) is 0 Å². The summed E-state index contributed by atoms with van der Waals surface area (Å²) in [4.78, 5) is 41.5. The number of nitrogens with one attached hydrogen (secondary N) is 2. The maximum absolute atomic E-state index is 15.1. The summed E-state index contributed by atoms with van der Waals surface area (Å²) in [6.07, 6.45) is 2.11. The minimum Gasteiger partial charge on any atom is -0.493 e. The summed E-state index contributed by atoms with van der Waals surface area (Å²) >= 11 is 0. The van der Waals surface area contributed by atoms with E-state index in [1.807, 2.05) is 0 Å². The van der Waals surface area contributed by atoms with Gasteiger partial charge in [0.2, 0.25) is 11.8 Å². The quantitative estimate of drug-likeness (QED) is 0.194. The first kappa shape index (κ1) is 28.3. The highest BCUT2D eigenvalue weighted by molar-refractivity contribution is 6.16. The molecule has 0 atom stereocenters. The number of carbonyl (C=O) groups excluding carboxylic acids is 3. The summed E-state index contributed by atoms with van der Waals surface area (Å²) in [5, 5.41) is 5.71. The number of anilines is 2. The number of hydrogen-bond acceptors (Lipinski definition) is 8. The van der Waals surface area contributed by atoms with Gasteiger partial charge >= 0.3 is 5.97 Å². The summed E-state index contributed by atoms with van der Waals surface area (Å²) < 4.78 is 49.5. The molecule has 0 radical (unpaired) electrons. The van der Waals surface area contributed by atoms with Crippen molar-refractivity contribution in [3.63, 3.8) is 0 Å². The van der Waals surface area contributed by atoms with Gasteiger partial charge in [0.05, 0.1) is 19.7 Å². The Kier molecular flexibility index (Phi) is 7.87. The number of nitrogens with zero attached hydrogens (tertiary/aromatic N) is 1. The molecule has 2 N–H and O–H groups in total. The predicted molar refractivity (Wildman–Crippen MR) is 148 cm³/mol. The van der Waals surface area contributed by atoms with Crippen LogP contribution in [0.5, 0.6) is 23.0 Å². The van der Waals surface area contributed by atoms with Gasteiger partial charge < -0.3 is 29.6 Å². The average molecular weight is 578 g/mol. The fourth-order valence-electron chi connectivity index (χ4n) is 4.18. The number of hydrogen-bond donors (Lipinski definition) is 2. The molecule has 1 heterocycles. The van der Waals surface area contributed by atoms with Crippen LogP contribution < -0.4 is 24.8 Å². The zero-order chi connectivity index (χ0) is 29.9. The van der Waals surface area contributed by atoms with Crippen molar-refractivity contribution in [2.75, 3.05) is 31.5 Å². The number of ether oxygens (including phenoxy) is 4. The number of aromatic nitrogens is 1. The summed E-state index contributed by atoms with van der Waals surface area (Å²) in [7, 11) is 2.67. The Morgan fingerprint density at radius 2 is 1.52 bits per heavy atom. The Hall–Kier alpha value is -5.26. The van der Waals surface area contributed by atoms with E-state index >= 15 is 4.39 Å². The van der Waals surface area contributed by atoms with Gasteiger partial charge in [0.15, 0.2) is 29.7 Å². The maximum atomic E-state index is 15.1. The standard InChI is InChI=1S/C30H25F2N3O7/c1-39-25-14-20-22(15-26(25)41-16-27(36)40-2)33-12-9-23(20)42-24-8-7-19(13-21(24)32)35-29(38)30(10-11-30)28(37)34-18-5-3-17(31)4-6-18/h3-9,12-15H,10-11,16H2,1-2H3,(H,34,37)(H,35,38). The van der Waals surface area contributed by atoms with Crippen molar-refractivity contribution in [1.82, 2.24) is 4.98 Å². The molecular weight excluding hydrogens is 552 g/mol. The molecule has 0 aliphatic heterocycles. The van der Waals surface area contributed by atoms with Crippen molar-refractivity contribution >= 4 is 40.1 Å². The van der Waals surface area contributed by atoms with Crippen LogP contribution in [0.4, 0.5) is 20.2 Å². The highest BCUT2D eigenvalue weighted by Gasteiger charge is 2.56. The summed E-state index contributed by atoms with van der Waals surface area (Å²) in [6, 6.07) is 13.8. The molecule has 1 saturated carbocycles. The Bertz CT molecular complexity index is 1670. The first-order valence-electron chi connectivity index (χ1n) is 12.7. The first-order valence-corrected chi connectivity index (χ1v) is 12.7. The van der Waals surface area contributed by atoms with Gasteiger partial charge in [-0.15, -0.1) is 0 Å². The van der Waals surface area contributed by atoms with Crippen LogP contribution in [0.2, 0.25) is 0 Å². The van der Waals surface area contributed by atoms with Gasteiger partial charge in [-0.1, -0.05) is 0 Å².